The van der Waals surface area contributed by atoms with Crippen LogP contribution in [0.4, 0.5) is 0 Å². The van der Waals surface area contributed by atoms with E-state index in [0.717, 1.165) is 23.6 Å². The number of aliphatic carboxylic acids is 1. The van der Waals surface area contributed by atoms with Gasteiger partial charge in [-0.15, -0.1) is 10.2 Å². The predicted octanol–water partition coefficient (Wildman–Crippen LogP) is 1.85. The molecule has 8 heteroatoms. The highest BCUT2D eigenvalue weighted by molar-refractivity contribution is 5.73. The Morgan fingerprint density at radius 3 is 2.85 bits per heavy atom. The van der Waals surface area contributed by atoms with Crippen LogP contribution in [0.1, 0.15) is 30.6 Å². The smallest absolute Gasteiger partial charge is 0.322 e. The topological polar surface area (TPSA) is 89.7 Å². The number of carboxylic acid groups (broad SMARTS) is 1. The van der Waals surface area contributed by atoms with Gasteiger partial charge in [0.1, 0.15) is 17.7 Å². The Morgan fingerprint density at radius 1 is 1.35 bits per heavy atom. The molecule has 1 aliphatic heterocycles. The van der Waals surface area contributed by atoms with E-state index in [-0.39, 0.29) is 0 Å². The Hall–Kier alpha value is -2.61. The van der Waals surface area contributed by atoms with Crippen LogP contribution in [0.5, 0.6) is 11.5 Å². The van der Waals surface area contributed by atoms with Gasteiger partial charge in [-0.2, -0.15) is 0 Å². The molecular formula is C18H24N4O4. The van der Waals surface area contributed by atoms with Crippen molar-refractivity contribution < 1.29 is 19.4 Å². The average Bonchev–Trinajstić information content (AvgIpc) is 2.99. The van der Waals surface area contributed by atoms with Crippen molar-refractivity contribution in [2.45, 2.75) is 45.9 Å². The number of aromatic nitrogens is 3. The monoisotopic (exact) mass is 360 g/mol. The van der Waals surface area contributed by atoms with E-state index in [1.165, 1.54) is 0 Å². The predicted molar refractivity (Wildman–Crippen MR) is 94.2 cm³/mol. The number of rotatable bonds is 7. The summed E-state index contributed by atoms with van der Waals surface area (Å²) in [5, 5.41) is 17.9. The van der Waals surface area contributed by atoms with Crippen LogP contribution in [0, 0.1) is 6.92 Å². The molecule has 3 rings (SSSR count). The third-order valence-corrected chi connectivity index (χ3v) is 4.51. The molecule has 0 saturated heterocycles. The Kier molecular flexibility index (Phi) is 5.41. The second-order valence-corrected chi connectivity index (χ2v) is 6.37. The minimum atomic E-state index is -0.849. The summed E-state index contributed by atoms with van der Waals surface area (Å²) < 4.78 is 13.0. The number of nitrogens with zero attached hydrogens (tertiary/aromatic N) is 4. The van der Waals surface area contributed by atoms with Gasteiger partial charge < -0.3 is 19.1 Å². The maximum absolute atomic E-state index is 11.8. The lowest BCUT2D eigenvalue weighted by Gasteiger charge is -2.33. The largest absolute Gasteiger partial charge is 0.493 e. The molecule has 1 aromatic heterocycles. The molecule has 0 spiro atoms. The van der Waals surface area contributed by atoms with Gasteiger partial charge in [0.15, 0.2) is 11.5 Å². The van der Waals surface area contributed by atoms with Crippen LogP contribution in [0.25, 0.3) is 0 Å². The Balaban J connectivity index is 1.81. The van der Waals surface area contributed by atoms with Crippen molar-refractivity contribution in [3.8, 4) is 11.5 Å². The van der Waals surface area contributed by atoms with Crippen LogP contribution < -0.4 is 9.47 Å². The zero-order valence-electron chi connectivity index (χ0n) is 15.3. The van der Waals surface area contributed by atoms with Crippen LogP contribution >= 0.6 is 0 Å². The molecule has 0 radical (unpaired) electrons. The molecule has 8 nitrogen and oxygen atoms in total. The molecule has 1 N–H and O–H groups in total. The Labute approximate surface area is 152 Å². The van der Waals surface area contributed by atoms with Crippen LogP contribution in [0.15, 0.2) is 18.2 Å². The second-order valence-electron chi connectivity index (χ2n) is 6.37. The molecule has 1 aliphatic rings. The van der Waals surface area contributed by atoms with Crippen LogP contribution in [-0.2, 0) is 24.4 Å². The van der Waals surface area contributed by atoms with Gasteiger partial charge in [-0.3, -0.25) is 9.69 Å². The highest BCUT2D eigenvalue weighted by atomic mass is 16.5. The van der Waals surface area contributed by atoms with Gasteiger partial charge in [0.25, 0.3) is 0 Å². The summed E-state index contributed by atoms with van der Waals surface area (Å²) in [5.74, 6) is 2.03. The maximum Gasteiger partial charge on any atom is 0.322 e. The lowest BCUT2D eigenvalue weighted by Crippen LogP contribution is -2.47. The highest BCUT2D eigenvalue weighted by Gasteiger charge is 2.33. The Morgan fingerprint density at radius 2 is 2.15 bits per heavy atom. The summed E-state index contributed by atoms with van der Waals surface area (Å²) in [5.41, 5.74) is 0.960. The number of ether oxygens (including phenoxy) is 2. The first-order valence-electron chi connectivity index (χ1n) is 8.68. The lowest BCUT2D eigenvalue weighted by atomic mass is 10.1. The zero-order chi connectivity index (χ0) is 18.7. The van der Waals surface area contributed by atoms with E-state index in [2.05, 4.69) is 10.2 Å². The highest BCUT2D eigenvalue weighted by Crippen LogP contribution is 2.30. The van der Waals surface area contributed by atoms with E-state index in [1.807, 2.05) is 41.5 Å². The number of fused-ring (bicyclic) bond motifs is 1. The van der Waals surface area contributed by atoms with Crippen molar-refractivity contribution >= 4 is 5.97 Å². The van der Waals surface area contributed by atoms with Crippen LogP contribution in [0.2, 0.25) is 0 Å². The van der Waals surface area contributed by atoms with E-state index in [4.69, 9.17) is 9.47 Å². The van der Waals surface area contributed by atoms with Crippen molar-refractivity contribution in [1.82, 2.24) is 19.7 Å². The summed E-state index contributed by atoms with van der Waals surface area (Å²) in [6.45, 7) is 5.77. The summed E-state index contributed by atoms with van der Waals surface area (Å²) in [6, 6.07) is 5.08. The number of carbonyl (C=O) groups is 1. The molecule has 2 aromatic rings. The first-order chi connectivity index (χ1) is 12.5. The molecular weight excluding hydrogens is 336 g/mol. The van der Waals surface area contributed by atoms with Gasteiger partial charge in [-0.1, -0.05) is 13.0 Å². The van der Waals surface area contributed by atoms with Crippen molar-refractivity contribution in [3.05, 3.63) is 35.4 Å². The molecule has 1 aromatic carbocycles. The number of carboxylic acids is 1. The standard InChI is InChI=1S/C18H24N4O4/c1-4-7-26-15-6-5-13(8-16(15)25-3)9-21-11-17-20-19-12(2)22(17)10-14(21)18(23)24/h5-6,8,14H,4,7,9-11H2,1-3H3,(H,23,24). The van der Waals surface area contributed by atoms with Gasteiger partial charge in [0.05, 0.1) is 26.8 Å². The molecule has 0 bridgehead atoms. The van der Waals surface area contributed by atoms with Gasteiger partial charge in [-0.25, -0.2) is 0 Å². The van der Waals surface area contributed by atoms with Crippen molar-refractivity contribution in [2.75, 3.05) is 13.7 Å². The summed E-state index contributed by atoms with van der Waals surface area (Å²) >= 11 is 0. The normalized spacial score (nSPS) is 17.0. The van der Waals surface area contributed by atoms with E-state index in [0.29, 0.717) is 37.7 Å². The fourth-order valence-corrected chi connectivity index (χ4v) is 3.14. The molecule has 0 aliphatic carbocycles. The number of aryl methyl sites for hydroxylation is 1. The third kappa shape index (κ3) is 3.65. The zero-order valence-corrected chi connectivity index (χ0v) is 15.3. The average molecular weight is 360 g/mol. The minimum absolute atomic E-state index is 0.346. The Bertz CT molecular complexity index is 789. The van der Waals surface area contributed by atoms with E-state index in [9.17, 15) is 9.90 Å². The van der Waals surface area contributed by atoms with Crippen molar-refractivity contribution in [2.24, 2.45) is 0 Å². The number of benzene rings is 1. The van der Waals surface area contributed by atoms with Crippen LogP contribution in [-0.4, -0.2) is 50.5 Å². The van der Waals surface area contributed by atoms with Gasteiger partial charge in [0.2, 0.25) is 0 Å². The van der Waals surface area contributed by atoms with Crippen molar-refractivity contribution in [1.29, 1.82) is 0 Å². The third-order valence-electron chi connectivity index (χ3n) is 4.51. The second kappa shape index (κ2) is 7.74. The minimum Gasteiger partial charge on any atom is -0.493 e. The number of hydrogen-bond acceptors (Lipinski definition) is 6. The fourth-order valence-electron chi connectivity index (χ4n) is 3.14. The summed E-state index contributed by atoms with van der Waals surface area (Å²) in [4.78, 5) is 13.6. The molecule has 1 atom stereocenters. The lowest BCUT2D eigenvalue weighted by molar-refractivity contribution is -0.145. The quantitative estimate of drug-likeness (QED) is 0.806. The first-order valence-corrected chi connectivity index (χ1v) is 8.68. The fraction of sp³-hybridized carbons (Fsp3) is 0.500. The summed E-state index contributed by atoms with van der Waals surface area (Å²) in [7, 11) is 1.60. The SMILES string of the molecule is CCCOc1ccc(CN2Cc3nnc(C)n3CC2C(=O)O)cc1OC. The first kappa shape index (κ1) is 18.2. The van der Waals surface area contributed by atoms with E-state index < -0.39 is 12.0 Å². The molecule has 140 valence electrons. The molecule has 1 unspecified atom stereocenters. The van der Waals surface area contributed by atoms with Gasteiger partial charge >= 0.3 is 5.97 Å². The molecule has 0 amide bonds. The van der Waals surface area contributed by atoms with E-state index in [1.54, 1.807) is 7.11 Å². The molecule has 0 fully saturated rings. The van der Waals surface area contributed by atoms with Gasteiger partial charge in [-0.05, 0) is 31.0 Å². The molecule has 26 heavy (non-hydrogen) atoms. The molecule has 0 saturated carbocycles. The summed E-state index contributed by atoms with van der Waals surface area (Å²) in [6.07, 6.45) is 0.916. The van der Waals surface area contributed by atoms with Crippen molar-refractivity contribution in [3.63, 3.8) is 0 Å². The number of hydrogen-bond donors (Lipinski definition) is 1. The van der Waals surface area contributed by atoms with Crippen LogP contribution in [0.3, 0.4) is 0 Å². The maximum atomic E-state index is 11.8. The molecule has 2 heterocycles. The van der Waals surface area contributed by atoms with E-state index >= 15 is 0 Å². The number of methoxy groups -OCH3 is 1. The van der Waals surface area contributed by atoms with Gasteiger partial charge in [0, 0.05) is 6.54 Å².